The minimum Gasteiger partial charge on any atom is -0.434 e. The van der Waals surface area contributed by atoms with Crippen LogP contribution in [0.5, 0.6) is 5.75 Å². The van der Waals surface area contributed by atoms with Crippen molar-refractivity contribution in [3.8, 4) is 5.75 Å². The highest BCUT2D eigenvalue weighted by Crippen LogP contribution is 2.31. The van der Waals surface area contributed by atoms with Gasteiger partial charge in [-0.15, -0.1) is 0 Å². The molecule has 1 N–H and O–H groups in total. The van der Waals surface area contributed by atoms with Gasteiger partial charge in [-0.2, -0.15) is 20.5 Å². The van der Waals surface area contributed by atoms with Gasteiger partial charge < -0.3 is 10.1 Å². The van der Waals surface area contributed by atoms with E-state index in [2.05, 4.69) is 30.2 Å². The fourth-order valence-corrected chi connectivity index (χ4v) is 3.16. The third-order valence-electron chi connectivity index (χ3n) is 4.05. The molecule has 120 valence electrons. The van der Waals surface area contributed by atoms with Gasteiger partial charge in [0.25, 0.3) is 0 Å². The maximum Gasteiger partial charge on any atom is 0.387 e. The number of halogens is 2. The molecule has 5 heteroatoms. The van der Waals surface area contributed by atoms with Gasteiger partial charge in [-0.3, -0.25) is 0 Å². The standard InChI is InChI=1S/C16H25F2NOS/c1-5-16(6-2,21-4)11-19-12(3)13-9-7-8-10-14(13)20-15(17)18/h7-10,12,15,19H,5-6,11H2,1-4H3. The summed E-state index contributed by atoms with van der Waals surface area (Å²) in [4.78, 5) is 0. The molecule has 1 rings (SSSR count). The summed E-state index contributed by atoms with van der Waals surface area (Å²) in [6, 6.07) is 6.92. The molecule has 1 atom stereocenters. The average molecular weight is 317 g/mol. The van der Waals surface area contributed by atoms with Gasteiger partial charge in [-0.1, -0.05) is 32.0 Å². The molecule has 0 spiro atoms. The van der Waals surface area contributed by atoms with Crippen molar-refractivity contribution in [2.24, 2.45) is 0 Å². The molecule has 0 aromatic heterocycles. The molecule has 0 heterocycles. The van der Waals surface area contributed by atoms with Crippen molar-refractivity contribution in [3.05, 3.63) is 29.8 Å². The highest BCUT2D eigenvalue weighted by atomic mass is 32.2. The molecule has 0 bridgehead atoms. The molecule has 0 fully saturated rings. The van der Waals surface area contributed by atoms with Crippen LogP contribution in [0.2, 0.25) is 0 Å². The Bertz CT molecular complexity index is 416. The van der Waals surface area contributed by atoms with Gasteiger partial charge in [0.2, 0.25) is 0 Å². The Labute approximate surface area is 130 Å². The van der Waals surface area contributed by atoms with Gasteiger partial charge in [0.05, 0.1) is 0 Å². The number of ether oxygens (including phenoxy) is 1. The first-order chi connectivity index (χ1) is 9.98. The normalized spacial score (nSPS) is 13.5. The Kier molecular flexibility index (Phi) is 7.46. The lowest BCUT2D eigenvalue weighted by atomic mass is 10.0. The van der Waals surface area contributed by atoms with Crippen LogP contribution in [0.15, 0.2) is 24.3 Å². The number of thioether (sulfide) groups is 1. The van der Waals surface area contributed by atoms with Crippen molar-refractivity contribution < 1.29 is 13.5 Å². The summed E-state index contributed by atoms with van der Waals surface area (Å²) >= 11 is 1.86. The van der Waals surface area contributed by atoms with E-state index in [1.807, 2.05) is 30.8 Å². The molecule has 1 unspecified atom stereocenters. The summed E-state index contributed by atoms with van der Waals surface area (Å²) in [6.45, 7) is 4.38. The molecule has 1 aromatic rings. The average Bonchev–Trinajstić information content (AvgIpc) is 2.49. The fraction of sp³-hybridized carbons (Fsp3) is 0.625. The van der Waals surface area contributed by atoms with Gasteiger partial charge in [0, 0.05) is 22.9 Å². The van der Waals surface area contributed by atoms with E-state index >= 15 is 0 Å². The molecule has 1 aromatic carbocycles. The van der Waals surface area contributed by atoms with Crippen LogP contribution in [0.3, 0.4) is 0 Å². The highest BCUT2D eigenvalue weighted by Gasteiger charge is 2.25. The monoisotopic (exact) mass is 317 g/mol. The van der Waals surface area contributed by atoms with E-state index in [-0.39, 0.29) is 16.5 Å². The molecular weight excluding hydrogens is 292 g/mol. The minimum atomic E-state index is -2.80. The molecule has 0 aliphatic heterocycles. The number of benzene rings is 1. The van der Waals surface area contributed by atoms with Gasteiger partial charge >= 0.3 is 6.61 Å². The maximum absolute atomic E-state index is 12.5. The second-order valence-corrected chi connectivity index (χ2v) is 6.39. The topological polar surface area (TPSA) is 21.3 Å². The number of nitrogens with one attached hydrogen (secondary N) is 1. The van der Waals surface area contributed by atoms with E-state index in [1.165, 1.54) is 0 Å². The quantitative estimate of drug-likeness (QED) is 0.703. The summed E-state index contributed by atoms with van der Waals surface area (Å²) in [6.07, 6.45) is 4.26. The van der Waals surface area contributed by atoms with Crippen molar-refractivity contribution in [1.82, 2.24) is 5.32 Å². The lowest BCUT2D eigenvalue weighted by Gasteiger charge is -2.32. The molecule has 0 aliphatic carbocycles. The highest BCUT2D eigenvalue weighted by molar-refractivity contribution is 8.00. The van der Waals surface area contributed by atoms with E-state index in [4.69, 9.17) is 0 Å². The Balaban J connectivity index is 2.78. The molecule has 0 amide bonds. The third kappa shape index (κ3) is 5.15. The predicted octanol–water partition coefficient (Wildman–Crippen LogP) is 4.86. The molecular formula is C16H25F2NOS. The van der Waals surface area contributed by atoms with Crippen LogP contribution < -0.4 is 10.1 Å². The number of hydrogen-bond donors (Lipinski definition) is 1. The van der Waals surface area contributed by atoms with Crippen molar-refractivity contribution in [1.29, 1.82) is 0 Å². The van der Waals surface area contributed by atoms with Crippen molar-refractivity contribution >= 4 is 11.8 Å². The zero-order chi connectivity index (χ0) is 15.9. The first-order valence-electron chi connectivity index (χ1n) is 7.30. The van der Waals surface area contributed by atoms with Crippen molar-refractivity contribution in [2.75, 3.05) is 12.8 Å². The molecule has 21 heavy (non-hydrogen) atoms. The predicted molar refractivity (Wildman–Crippen MR) is 86.3 cm³/mol. The number of para-hydroxylation sites is 1. The lowest BCUT2D eigenvalue weighted by molar-refractivity contribution is -0.0506. The van der Waals surface area contributed by atoms with Crippen LogP contribution in [0.4, 0.5) is 8.78 Å². The minimum absolute atomic E-state index is 0.0374. The van der Waals surface area contributed by atoms with Gasteiger partial charge in [-0.25, -0.2) is 0 Å². The largest absolute Gasteiger partial charge is 0.434 e. The molecule has 0 saturated carbocycles. The Morgan fingerprint density at radius 1 is 1.24 bits per heavy atom. The van der Waals surface area contributed by atoms with Crippen LogP contribution in [0, 0.1) is 0 Å². The summed E-state index contributed by atoms with van der Waals surface area (Å²) in [5, 5.41) is 3.46. The summed E-state index contributed by atoms with van der Waals surface area (Å²) < 4.78 is 29.7. The van der Waals surface area contributed by atoms with Gasteiger partial charge in [0.15, 0.2) is 0 Å². The first kappa shape index (κ1) is 18.2. The van der Waals surface area contributed by atoms with Crippen LogP contribution in [0.25, 0.3) is 0 Å². The summed E-state index contributed by atoms with van der Waals surface area (Å²) in [7, 11) is 0. The summed E-state index contributed by atoms with van der Waals surface area (Å²) in [5.41, 5.74) is 0.764. The SMILES string of the molecule is CCC(CC)(CNC(C)c1ccccc1OC(F)F)SC. The first-order valence-corrected chi connectivity index (χ1v) is 8.52. The summed E-state index contributed by atoms with van der Waals surface area (Å²) in [5.74, 6) is 0.246. The molecule has 0 radical (unpaired) electrons. The van der Waals surface area contributed by atoms with E-state index in [0.717, 1.165) is 24.9 Å². The van der Waals surface area contributed by atoms with Crippen molar-refractivity contribution in [3.63, 3.8) is 0 Å². The van der Waals surface area contributed by atoms with E-state index in [0.29, 0.717) is 0 Å². The lowest BCUT2D eigenvalue weighted by Crippen LogP contribution is -2.37. The van der Waals surface area contributed by atoms with Crippen LogP contribution in [-0.4, -0.2) is 24.2 Å². The number of alkyl halides is 2. The van der Waals surface area contributed by atoms with E-state index in [1.54, 1.807) is 12.1 Å². The number of rotatable bonds is 9. The maximum atomic E-state index is 12.5. The van der Waals surface area contributed by atoms with Crippen molar-refractivity contribution in [2.45, 2.75) is 51.0 Å². The van der Waals surface area contributed by atoms with E-state index in [9.17, 15) is 8.78 Å². The number of hydrogen-bond acceptors (Lipinski definition) is 3. The zero-order valence-electron chi connectivity index (χ0n) is 13.2. The Hall–Kier alpha value is -0.810. The third-order valence-corrected chi connectivity index (χ3v) is 5.64. The smallest absolute Gasteiger partial charge is 0.387 e. The van der Waals surface area contributed by atoms with Crippen LogP contribution in [0.1, 0.15) is 45.2 Å². The van der Waals surface area contributed by atoms with Crippen LogP contribution >= 0.6 is 11.8 Å². The zero-order valence-corrected chi connectivity index (χ0v) is 14.0. The van der Waals surface area contributed by atoms with Gasteiger partial charge in [0.1, 0.15) is 5.75 Å². The molecule has 2 nitrogen and oxygen atoms in total. The van der Waals surface area contributed by atoms with Gasteiger partial charge in [-0.05, 0) is 32.1 Å². The van der Waals surface area contributed by atoms with Crippen LogP contribution in [-0.2, 0) is 0 Å². The second kappa shape index (κ2) is 8.59. The Morgan fingerprint density at radius 3 is 2.38 bits per heavy atom. The fourth-order valence-electron chi connectivity index (χ4n) is 2.35. The van der Waals surface area contributed by atoms with E-state index < -0.39 is 6.61 Å². The Morgan fingerprint density at radius 2 is 1.86 bits per heavy atom. The molecule has 0 saturated heterocycles. The second-order valence-electron chi connectivity index (χ2n) is 5.11. The molecule has 0 aliphatic rings.